The van der Waals surface area contributed by atoms with Crippen LogP contribution < -0.4 is 70.4 Å². The summed E-state index contributed by atoms with van der Waals surface area (Å²) in [5, 5.41) is 71.6. The molecule has 0 aromatic heterocycles. The number of unbranched alkanes of at least 4 members (excludes halogenated alkanes) is 1. The number of guanidine groups is 1. The van der Waals surface area contributed by atoms with Crippen LogP contribution in [-0.4, -0.2) is 202 Å². The first-order chi connectivity index (χ1) is 39.3. The van der Waals surface area contributed by atoms with E-state index in [1.54, 1.807) is 27.7 Å². The van der Waals surface area contributed by atoms with E-state index < -0.39 is 169 Å². The lowest BCUT2D eigenvalue weighted by Crippen LogP contribution is -2.62. The largest absolute Gasteiger partial charge is 0.481 e. The third-order valence-corrected chi connectivity index (χ3v) is 13.8. The van der Waals surface area contributed by atoms with E-state index in [1.165, 1.54) is 25.7 Å². The molecule has 0 unspecified atom stereocenters. The zero-order valence-corrected chi connectivity index (χ0v) is 49.8. The van der Waals surface area contributed by atoms with E-state index in [2.05, 4.69) is 53.2 Å². The first kappa shape index (κ1) is 74.8. The van der Waals surface area contributed by atoms with Gasteiger partial charge in [0.05, 0.1) is 25.7 Å². The molecule has 1 fully saturated rings. The number of hydrogen-bond acceptors (Lipinski definition) is 17. The monoisotopic (exact) mass is 1200 g/mol. The van der Waals surface area contributed by atoms with Gasteiger partial charge in [0.1, 0.15) is 60.4 Å². The Labute approximate surface area is 490 Å². The topological polar surface area (TPSA) is 511 Å². The lowest BCUT2D eigenvalue weighted by molar-refractivity contribution is -0.144. The Morgan fingerprint density at radius 3 is 1.58 bits per heavy atom. The van der Waals surface area contributed by atoms with Crippen LogP contribution in [0.5, 0.6) is 0 Å². The smallest absolute Gasteiger partial charge is 0.326 e. The van der Waals surface area contributed by atoms with E-state index in [0.717, 1.165) is 0 Å². The van der Waals surface area contributed by atoms with Gasteiger partial charge in [-0.1, -0.05) is 61.8 Å². The van der Waals surface area contributed by atoms with Crippen molar-refractivity contribution in [1.29, 1.82) is 5.41 Å². The molecule has 1 aliphatic heterocycles. The quantitative estimate of drug-likeness (QED) is 0.0156. The van der Waals surface area contributed by atoms with Crippen LogP contribution in [0.15, 0.2) is 0 Å². The second-order valence-corrected chi connectivity index (χ2v) is 22.3. The molecule has 31 heteroatoms. The fourth-order valence-electron chi connectivity index (χ4n) is 8.88. The van der Waals surface area contributed by atoms with Gasteiger partial charge in [-0.05, 0) is 94.9 Å². The summed E-state index contributed by atoms with van der Waals surface area (Å²) in [6.07, 6.45) is 1.10. The van der Waals surface area contributed by atoms with E-state index in [9.17, 15) is 78.0 Å². The van der Waals surface area contributed by atoms with E-state index in [1.807, 2.05) is 13.8 Å². The molecule has 1 aliphatic rings. The van der Waals surface area contributed by atoms with Gasteiger partial charge in [-0.3, -0.25) is 58.1 Å². The number of hydrogen-bond donors (Lipinski definition) is 18. The highest BCUT2D eigenvalue weighted by Crippen LogP contribution is 2.22. The Hall–Kier alpha value is -7.25. The van der Waals surface area contributed by atoms with Crippen molar-refractivity contribution >= 4 is 77.0 Å². The van der Waals surface area contributed by atoms with Crippen molar-refractivity contribution in [1.82, 2.24) is 58.1 Å². The molecule has 0 aliphatic carbocycles. The Kier molecular flexibility index (Phi) is 33.7. The lowest BCUT2D eigenvalue weighted by Gasteiger charge is -2.33. The third-order valence-electron chi connectivity index (χ3n) is 13.8. The number of aliphatic hydroxyl groups is 2. The molecular formula is C53H95N15O16. The minimum atomic E-state index is -1.92. The normalized spacial score (nSPS) is 17.0. The van der Waals surface area contributed by atoms with Crippen LogP contribution in [0.2, 0.25) is 0 Å². The van der Waals surface area contributed by atoms with Crippen molar-refractivity contribution in [2.45, 2.75) is 199 Å². The highest BCUT2D eigenvalue weighted by atomic mass is 16.4. The molecule has 84 heavy (non-hydrogen) atoms. The van der Waals surface area contributed by atoms with Gasteiger partial charge in [-0.25, -0.2) is 4.79 Å². The van der Waals surface area contributed by atoms with Crippen LogP contribution in [0.3, 0.4) is 0 Å². The average Bonchev–Trinajstić information content (AvgIpc) is 4.07. The molecule has 0 bridgehead atoms. The Morgan fingerprint density at radius 1 is 0.583 bits per heavy atom. The number of amides is 10. The van der Waals surface area contributed by atoms with Crippen molar-refractivity contribution in [3.8, 4) is 0 Å². The summed E-state index contributed by atoms with van der Waals surface area (Å²) >= 11 is 0. The molecule has 1 rings (SSSR count). The Morgan fingerprint density at radius 2 is 1.07 bits per heavy atom. The summed E-state index contributed by atoms with van der Waals surface area (Å²) < 4.78 is 0. The summed E-state index contributed by atoms with van der Waals surface area (Å²) in [6.45, 7) is 13.4. The third kappa shape index (κ3) is 26.1. The van der Waals surface area contributed by atoms with Crippen molar-refractivity contribution in [2.75, 3.05) is 32.8 Å². The van der Waals surface area contributed by atoms with Gasteiger partial charge in [-0.15, -0.1) is 0 Å². The number of likely N-dealkylation sites (tertiary alicyclic amines) is 1. The number of carboxylic acid groups (broad SMARTS) is 2. The van der Waals surface area contributed by atoms with E-state index in [0.29, 0.717) is 25.7 Å². The number of nitrogens with two attached hydrogens (primary N) is 3. The van der Waals surface area contributed by atoms with Crippen LogP contribution in [0.25, 0.3) is 0 Å². The number of carbonyl (C=O) groups excluding carboxylic acids is 10. The zero-order valence-electron chi connectivity index (χ0n) is 49.8. The number of aliphatic carboxylic acids is 2. The van der Waals surface area contributed by atoms with Gasteiger partial charge in [0.25, 0.3) is 0 Å². The average molecular weight is 1200 g/mol. The molecule has 0 saturated carbocycles. The van der Waals surface area contributed by atoms with Crippen molar-refractivity contribution in [3.63, 3.8) is 0 Å². The molecular weight excluding hydrogens is 1100 g/mol. The summed E-state index contributed by atoms with van der Waals surface area (Å²) in [4.78, 5) is 162. The van der Waals surface area contributed by atoms with Gasteiger partial charge >= 0.3 is 11.9 Å². The highest BCUT2D eigenvalue weighted by Gasteiger charge is 2.42. The number of aliphatic hydroxyl groups excluding tert-OH is 2. The van der Waals surface area contributed by atoms with Crippen molar-refractivity contribution in [3.05, 3.63) is 0 Å². The van der Waals surface area contributed by atoms with Crippen LogP contribution >= 0.6 is 0 Å². The van der Waals surface area contributed by atoms with E-state index in [-0.39, 0.29) is 76.0 Å². The van der Waals surface area contributed by atoms with Crippen molar-refractivity contribution in [2.24, 2.45) is 40.9 Å². The molecule has 1 heterocycles. The van der Waals surface area contributed by atoms with Crippen LogP contribution in [-0.2, 0) is 57.5 Å². The minimum Gasteiger partial charge on any atom is -0.481 e. The van der Waals surface area contributed by atoms with Crippen LogP contribution in [0.1, 0.15) is 133 Å². The summed E-state index contributed by atoms with van der Waals surface area (Å²) in [5.41, 5.74) is 17.2. The zero-order chi connectivity index (χ0) is 64.1. The summed E-state index contributed by atoms with van der Waals surface area (Å²) in [7, 11) is 0. The highest BCUT2D eigenvalue weighted by molar-refractivity contribution is 5.99. The molecule has 12 atom stereocenters. The fourth-order valence-corrected chi connectivity index (χ4v) is 8.88. The van der Waals surface area contributed by atoms with Gasteiger partial charge in [-0.2, -0.15) is 0 Å². The van der Waals surface area contributed by atoms with Crippen molar-refractivity contribution < 1.29 is 78.0 Å². The second-order valence-electron chi connectivity index (χ2n) is 22.3. The van der Waals surface area contributed by atoms with Gasteiger partial charge < -0.3 is 95.7 Å². The molecule has 0 aromatic carbocycles. The molecule has 0 radical (unpaired) electrons. The van der Waals surface area contributed by atoms with Crippen LogP contribution in [0, 0.1) is 29.1 Å². The summed E-state index contributed by atoms with van der Waals surface area (Å²) in [6, 6.07) is -15.5. The molecule has 478 valence electrons. The van der Waals surface area contributed by atoms with Crippen LogP contribution in [0.4, 0.5) is 0 Å². The van der Waals surface area contributed by atoms with Gasteiger partial charge in [0.2, 0.25) is 59.1 Å². The number of carboxylic acids is 2. The fraction of sp³-hybridized carbons (Fsp3) is 0.755. The van der Waals surface area contributed by atoms with Gasteiger partial charge in [0, 0.05) is 13.1 Å². The SMILES string of the molecule is CC[C@H](C)[C@H](NC(=O)[C@H](CCCNC(=N)N)NC(=O)[C@@H](N)CC(C)C)C(=O)N1CCC[C@H]1C(=O)N[C@@H](CO)C(=O)N[C@@H](CCCCN)C(=O)N[C@H](C(=O)N[C@@H](CC(=O)O)C(=O)N[C@@H](CO)C(=O)N[C@@H](C)C(=O)N[C@@H](CC(C)C)C(=O)O)C(C)C. The molecule has 10 amide bonds. The van der Waals surface area contributed by atoms with E-state index in [4.69, 9.17) is 22.6 Å². The summed E-state index contributed by atoms with van der Waals surface area (Å²) in [5.74, 6) is -13.6. The predicted molar refractivity (Wildman–Crippen MR) is 305 cm³/mol. The minimum absolute atomic E-state index is 0.0703. The number of nitrogens with zero attached hydrogens (tertiary/aromatic N) is 1. The van der Waals surface area contributed by atoms with E-state index >= 15 is 0 Å². The standard InChI is InChI=1S/C53H95N15O16/c1-10-29(8)41(67-45(76)33(16-13-19-58-53(56)57)60-43(74)31(55)21-26(2)3)51(82)68-20-14-17-38(68)49(80)65-37(25-70)48(79)61-32(15-11-12-18-54)44(75)66-40(28(6)7)50(81)62-34(23-39(71)72)46(77)64-36(24-69)47(78)59-30(9)42(73)63-35(52(83)84)22-27(4)5/h26-38,40-41,69-70H,10-25,54-55H2,1-9H3,(H,59,78)(H,60,74)(H,61,79)(H,62,81)(H,63,73)(H,64,77)(H,65,80)(H,66,75)(H,67,76)(H,71,72)(H,83,84)(H4,56,57,58)/t29-,30-,31-,32-,33-,34-,35-,36-,37-,38-,40-,41-/m0/s1. The predicted octanol–water partition coefficient (Wildman–Crippen LogP) is -4.58. The number of rotatable bonds is 39. The molecule has 0 spiro atoms. The maximum atomic E-state index is 14.4. The molecule has 1 saturated heterocycles. The Balaban J connectivity index is 3.33. The lowest BCUT2D eigenvalue weighted by atomic mass is 9.96. The molecule has 21 N–H and O–H groups in total. The molecule has 0 aromatic rings. The number of nitrogens with one attached hydrogen (secondary N) is 11. The first-order valence-corrected chi connectivity index (χ1v) is 28.6. The maximum absolute atomic E-state index is 14.4. The van der Waals surface area contributed by atoms with Gasteiger partial charge in [0.15, 0.2) is 5.96 Å². The Bertz CT molecular complexity index is 2260. The maximum Gasteiger partial charge on any atom is 0.326 e. The molecule has 31 nitrogen and oxygen atoms in total. The number of carbonyl (C=O) groups is 12. The second kappa shape index (κ2) is 37.8. The first-order valence-electron chi connectivity index (χ1n) is 28.6.